The molecule has 0 spiro atoms. The van der Waals surface area contributed by atoms with Crippen LogP contribution < -0.4 is 9.46 Å². The molecule has 0 saturated heterocycles. The average molecular weight is 451 g/mol. The fraction of sp³-hybridized carbons (Fsp3) is 0.0455. The van der Waals surface area contributed by atoms with Crippen molar-refractivity contribution in [2.24, 2.45) is 0 Å². The number of anilines is 1. The van der Waals surface area contributed by atoms with Crippen LogP contribution in [0.2, 0.25) is 0 Å². The highest BCUT2D eigenvalue weighted by atomic mass is 32.2. The molecular formula is C22H17N3O6S. The summed E-state index contributed by atoms with van der Waals surface area (Å²) in [5.41, 5.74) is 1.36. The molecule has 0 bridgehead atoms. The molecule has 10 heteroatoms. The Kier molecular flexibility index (Phi) is 5.61. The first kappa shape index (κ1) is 21.1. The number of oxazole rings is 1. The Hall–Kier alpha value is -4.18. The van der Waals surface area contributed by atoms with E-state index in [4.69, 9.17) is 9.15 Å². The third-order valence-electron chi connectivity index (χ3n) is 4.62. The number of nitrogens with one attached hydrogen (secondary N) is 1. The van der Waals surface area contributed by atoms with Crippen LogP contribution in [0.25, 0.3) is 22.8 Å². The summed E-state index contributed by atoms with van der Waals surface area (Å²) in [7, 11) is -2.67. The third-order valence-corrected chi connectivity index (χ3v) is 6.00. The van der Waals surface area contributed by atoms with Crippen LogP contribution in [0.4, 0.5) is 11.4 Å². The zero-order valence-corrected chi connectivity index (χ0v) is 17.6. The van der Waals surface area contributed by atoms with Gasteiger partial charge in [-0.15, -0.1) is 0 Å². The molecule has 4 aromatic rings. The van der Waals surface area contributed by atoms with Gasteiger partial charge >= 0.3 is 0 Å². The van der Waals surface area contributed by atoms with Gasteiger partial charge < -0.3 is 9.15 Å². The lowest BCUT2D eigenvalue weighted by Gasteiger charge is -2.12. The normalized spacial score (nSPS) is 11.2. The van der Waals surface area contributed by atoms with Gasteiger partial charge in [-0.25, -0.2) is 13.4 Å². The summed E-state index contributed by atoms with van der Waals surface area (Å²) >= 11 is 0. The Bertz CT molecular complexity index is 1370. The zero-order valence-electron chi connectivity index (χ0n) is 16.8. The molecule has 0 aliphatic heterocycles. The molecule has 4 rings (SSSR count). The molecule has 1 heterocycles. The number of ether oxygens (including phenoxy) is 1. The molecule has 0 radical (unpaired) electrons. The lowest BCUT2D eigenvalue weighted by molar-refractivity contribution is -0.384. The summed E-state index contributed by atoms with van der Waals surface area (Å²) in [5, 5.41) is 10.9. The van der Waals surface area contributed by atoms with E-state index in [9.17, 15) is 18.5 Å². The van der Waals surface area contributed by atoms with Gasteiger partial charge in [0.2, 0.25) is 5.89 Å². The molecule has 0 aliphatic carbocycles. The summed E-state index contributed by atoms with van der Waals surface area (Å²) in [6.45, 7) is 0. The third kappa shape index (κ3) is 4.30. The van der Waals surface area contributed by atoms with E-state index in [2.05, 4.69) is 9.71 Å². The van der Waals surface area contributed by atoms with Crippen LogP contribution in [0.5, 0.6) is 5.75 Å². The van der Waals surface area contributed by atoms with Crippen molar-refractivity contribution in [3.8, 4) is 28.5 Å². The quantitative estimate of drug-likeness (QED) is 0.318. The highest BCUT2D eigenvalue weighted by molar-refractivity contribution is 7.92. The standard InChI is InChI=1S/C22H17N3O6S/c1-30-20-13-17(25(26)27)9-12-19(20)24-32(28,29)18-10-7-16(8-11-18)22-23-14-21(31-22)15-5-3-2-4-6-15/h2-14,24H,1H3. The number of non-ortho nitro benzene ring substituents is 1. The molecule has 0 aliphatic rings. The molecule has 162 valence electrons. The van der Waals surface area contributed by atoms with Crippen molar-refractivity contribution in [1.29, 1.82) is 0 Å². The minimum absolute atomic E-state index is 0.00325. The molecule has 1 aromatic heterocycles. The Labute approximate surface area is 183 Å². The van der Waals surface area contributed by atoms with E-state index in [0.717, 1.165) is 11.6 Å². The Morgan fingerprint density at radius 1 is 1.00 bits per heavy atom. The minimum atomic E-state index is -3.97. The van der Waals surface area contributed by atoms with Crippen molar-refractivity contribution in [3.63, 3.8) is 0 Å². The van der Waals surface area contributed by atoms with Gasteiger partial charge in [-0.1, -0.05) is 30.3 Å². The lowest BCUT2D eigenvalue weighted by Crippen LogP contribution is -2.13. The number of nitrogens with zero attached hydrogens (tertiary/aromatic N) is 2. The molecule has 0 atom stereocenters. The predicted molar refractivity (Wildman–Crippen MR) is 118 cm³/mol. The Balaban J connectivity index is 1.56. The second kappa shape index (κ2) is 8.52. The monoisotopic (exact) mass is 451 g/mol. The van der Waals surface area contributed by atoms with E-state index >= 15 is 0 Å². The van der Waals surface area contributed by atoms with Crippen LogP contribution >= 0.6 is 0 Å². The molecule has 1 N–H and O–H groups in total. The molecule has 32 heavy (non-hydrogen) atoms. The van der Waals surface area contributed by atoms with Gasteiger partial charge in [-0.05, 0) is 30.3 Å². The molecule has 9 nitrogen and oxygen atoms in total. The second-order valence-electron chi connectivity index (χ2n) is 6.67. The Morgan fingerprint density at radius 2 is 1.72 bits per heavy atom. The van der Waals surface area contributed by atoms with E-state index in [0.29, 0.717) is 17.2 Å². The number of nitro benzene ring substituents is 1. The highest BCUT2D eigenvalue weighted by Crippen LogP contribution is 2.31. The topological polar surface area (TPSA) is 125 Å². The van der Waals surface area contributed by atoms with Crippen molar-refractivity contribution in [1.82, 2.24) is 4.98 Å². The average Bonchev–Trinajstić information content (AvgIpc) is 3.30. The van der Waals surface area contributed by atoms with Gasteiger partial charge in [0.25, 0.3) is 15.7 Å². The van der Waals surface area contributed by atoms with Gasteiger partial charge in [0.15, 0.2) is 5.76 Å². The van der Waals surface area contributed by atoms with Gasteiger partial charge in [-0.2, -0.15) is 0 Å². The first-order valence-corrected chi connectivity index (χ1v) is 10.8. The molecule has 0 unspecified atom stereocenters. The number of hydrogen-bond donors (Lipinski definition) is 1. The van der Waals surface area contributed by atoms with Crippen LogP contribution in [-0.2, 0) is 10.0 Å². The van der Waals surface area contributed by atoms with E-state index in [1.54, 1.807) is 18.3 Å². The van der Waals surface area contributed by atoms with Gasteiger partial charge in [-0.3, -0.25) is 14.8 Å². The van der Waals surface area contributed by atoms with Gasteiger partial charge in [0, 0.05) is 17.2 Å². The first-order chi connectivity index (χ1) is 15.4. The molecular weight excluding hydrogens is 434 g/mol. The molecule has 0 saturated carbocycles. The van der Waals surface area contributed by atoms with Crippen molar-refractivity contribution in [2.45, 2.75) is 4.90 Å². The van der Waals surface area contributed by atoms with Crippen molar-refractivity contribution in [3.05, 3.63) is 89.1 Å². The smallest absolute Gasteiger partial charge is 0.273 e. The molecule has 0 amide bonds. The maximum absolute atomic E-state index is 12.8. The van der Waals surface area contributed by atoms with E-state index < -0.39 is 14.9 Å². The van der Waals surface area contributed by atoms with E-state index in [1.807, 2.05) is 30.3 Å². The van der Waals surface area contributed by atoms with Crippen molar-refractivity contribution in [2.75, 3.05) is 11.8 Å². The van der Waals surface area contributed by atoms with E-state index in [1.165, 1.54) is 31.4 Å². The van der Waals surface area contributed by atoms with Crippen molar-refractivity contribution < 1.29 is 22.5 Å². The lowest BCUT2D eigenvalue weighted by atomic mass is 10.2. The van der Waals surface area contributed by atoms with Crippen LogP contribution in [0.3, 0.4) is 0 Å². The second-order valence-corrected chi connectivity index (χ2v) is 8.35. The number of rotatable bonds is 7. The van der Waals surface area contributed by atoms with Crippen LogP contribution in [-0.4, -0.2) is 25.4 Å². The number of benzene rings is 3. The van der Waals surface area contributed by atoms with Gasteiger partial charge in [0.05, 0.1) is 34.9 Å². The van der Waals surface area contributed by atoms with Crippen LogP contribution in [0, 0.1) is 10.1 Å². The number of nitro groups is 1. The SMILES string of the molecule is COc1cc([N+](=O)[O-])ccc1NS(=O)(=O)c1ccc(-c2ncc(-c3ccccc3)o2)cc1. The summed E-state index contributed by atoms with van der Waals surface area (Å²) in [4.78, 5) is 14.6. The number of methoxy groups -OCH3 is 1. The fourth-order valence-electron chi connectivity index (χ4n) is 3.00. The van der Waals surface area contributed by atoms with Crippen molar-refractivity contribution >= 4 is 21.4 Å². The molecule has 0 fully saturated rings. The number of sulfonamides is 1. The first-order valence-electron chi connectivity index (χ1n) is 9.34. The van der Waals surface area contributed by atoms with Crippen LogP contribution in [0.15, 0.2) is 88.3 Å². The molecule has 3 aromatic carbocycles. The number of aromatic nitrogens is 1. The fourth-order valence-corrected chi connectivity index (χ4v) is 4.07. The number of hydrogen-bond acceptors (Lipinski definition) is 7. The van der Waals surface area contributed by atoms with Gasteiger partial charge in [0.1, 0.15) is 5.75 Å². The summed E-state index contributed by atoms with van der Waals surface area (Å²) in [6, 6.07) is 19.1. The van der Waals surface area contributed by atoms with Crippen LogP contribution in [0.1, 0.15) is 0 Å². The zero-order chi connectivity index (χ0) is 22.7. The predicted octanol–water partition coefficient (Wildman–Crippen LogP) is 4.73. The van der Waals surface area contributed by atoms with E-state index in [-0.39, 0.29) is 22.0 Å². The summed E-state index contributed by atoms with van der Waals surface area (Å²) in [6.07, 6.45) is 1.61. The minimum Gasteiger partial charge on any atom is -0.494 e. The Morgan fingerprint density at radius 3 is 2.38 bits per heavy atom. The maximum atomic E-state index is 12.8. The summed E-state index contributed by atoms with van der Waals surface area (Å²) < 4.78 is 38.8. The summed E-state index contributed by atoms with van der Waals surface area (Å²) in [5.74, 6) is 0.995. The highest BCUT2D eigenvalue weighted by Gasteiger charge is 2.19. The largest absolute Gasteiger partial charge is 0.494 e. The maximum Gasteiger partial charge on any atom is 0.273 e.